The summed E-state index contributed by atoms with van der Waals surface area (Å²) in [6.07, 6.45) is 0. The zero-order valence-corrected chi connectivity index (χ0v) is 11.3. The van der Waals surface area contributed by atoms with Crippen molar-refractivity contribution < 1.29 is 19.0 Å². The predicted molar refractivity (Wildman–Crippen MR) is 66.8 cm³/mol. The van der Waals surface area contributed by atoms with E-state index in [1.165, 1.54) is 13.2 Å². The van der Waals surface area contributed by atoms with Gasteiger partial charge in [0, 0.05) is 6.07 Å². The maximum atomic E-state index is 13.0. The Morgan fingerprint density at radius 1 is 1.24 bits per heavy atom. The number of ether oxygens (including phenoxy) is 1. The molecule has 0 aliphatic rings. The van der Waals surface area contributed by atoms with Crippen LogP contribution in [0.15, 0.2) is 12.1 Å². The van der Waals surface area contributed by atoms with Crippen LogP contribution in [0.2, 0.25) is 0 Å². The molecular weight excluding hydrogens is 223 g/mol. The summed E-state index contributed by atoms with van der Waals surface area (Å²) < 4.78 is 17.4. The molecule has 3 nitrogen and oxygen atoms in total. The lowest BCUT2D eigenvalue weighted by molar-refractivity contribution is 0.0595. The molecule has 0 fully saturated rings. The molecule has 0 heterocycles. The normalized spacial score (nSPS) is 8.18. The Morgan fingerprint density at radius 2 is 1.71 bits per heavy atom. The first-order valence-electron chi connectivity index (χ1n) is 5.63. The first-order valence-corrected chi connectivity index (χ1v) is 5.63. The van der Waals surface area contributed by atoms with Gasteiger partial charge in [0.25, 0.3) is 0 Å². The third-order valence-electron chi connectivity index (χ3n) is 1.69. The second kappa shape index (κ2) is 9.63. The minimum Gasteiger partial charge on any atom is -0.508 e. The van der Waals surface area contributed by atoms with Gasteiger partial charge in [0.15, 0.2) is 0 Å². The van der Waals surface area contributed by atoms with Crippen molar-refractivity contribution in [1.29, 1.82) is 0 Å². The van der Waals surface area contributed by atoms with Gasteiger partial charge in [-0.3, -0.25) is 0 Å². The van der Waals surface area contributed by atoms with E-state index >= 15 is 0 Å². The van der Waals surface area contributed by atoms with Crippen LogP contribution >= 0.6 is 0 Å². The van der Waals surface area contributed by atoms with E-state index in [0.717, 1.165) is 6.07 Å². The van der Waals surface area contributed by atoms with E-state index in [1.807, 2.05) is 27.7 Å². The number of esters is 1. The van der Waals surface area contributed by atoms with Crippen molar-refractivity contribution in [3.63, 3.8) is 0 Å². The summed E-state index contributed by atoms with van der Waals surface area (Å²) in [5.41, 5.74) is 0.264. The van der Waals surface area contributed by atoms with Crippen molar-refractivity contribution in [2.75, 3.05) is 7.11 Å². The van der Waals surface area contributed by atoms with Gasteiger partial charge in [-0.15, -0.1) is 0 Å². The molecule has 1 aromatic carbocycles. The maximum absolute atomic E-state index is 13.0. The number of aryl methyl sites for hydroxylation is 1. The molecule has 1 aromatic rings. The highest BCUT2D eigenvalue weighted by Gasteiger charge is 2.13. The zero-order chi connectivity index (χ0) is 14.0. The lowest BCUT2D eigenvalue weighted by atomic mass is 10.1. The van der Waals surface area contributed by atoms with Gasteiger partial charge in [-0.05, 0) is 18.6 Å². The monoisotopic (exact) mass is 244 g/mol. The van der Waals surface area contributed by atoms with Crippen LogP contribution in [-0.4, -0.2) is 18.2 Å². The fourth-order valence-corrected chi connectivity index (χ4v) is 0.937. The molecule has 0 spiro atoms. The van der Waals surface area contributed by atoms with Gasteiger partial charge >= 0.3 is 5.97 Å². The summed E-state index contributed by atoms with van der Waals surface area (Å²) in [5, 5.41) is 9.09. The number of hydrogen-bond donors (Lipinski definition) is 1. The van der Waals surface area contributed by atoms with E-state index in [2.05, 4.69) is 4.74 Å². The largest absolute Gasteiger partial charge is 0.508 e. The van der Waals surface area contributed by atoms with Crippen LogP contribution in [0.25, 0.3) is 0 Å². The number of carbonyl (C=O) groups excluding carboxylic acids is 1. The first kappa shape index (κ1) is 17.8. The molecule has 0 aromatic heterocycles. The number of hydrogen-bond acceptors (Lipinski definition) is 3. The highest BCUT2D eigenvalue weighted by Crippen LogP contribution is 2.20. The van der Waals surface area contributed by atoms with E-state index in [9.17, 15) is 9.18 Å². The molecular formula is C13H21FO3. The standard InChI is InChI=1S/C9H9FO3.2C2H6/c1-5-3-6(9(12)13-2)7(10)4-8(5)11;2*1-2/h3-4,11H,1-2H3;2*1-2H3. The topological polar surface area (TPSA) is 46.5 Å². The lowest BCUT2D eigenvalue weighted by Gasteiger charge is -2.03. The molecule has 4 heteroatoms. The highest BCUT2D eigenvalue weighted by atomic mass is 19.1. The first-order chi connectivity index (χ1) is 8.06. The molecule has 98 valence electrons. The average Bonchev–Trinajstić information content (AvgIpc) is 2.37. The molecule has 0 atom stereocenters. The van der Waals surface area contributed by atoms with Crippen molar-refractivity contribution in [2.45, 2.75) is 34.6 Å². The quantitative estimate of drug-likeness (QED) is 0.766. The molecule has 0 bridgehead atoms. The van der Waals surface area contributed by atoms with Crippen LogP contribution < -0.4 is 0 Å². The Morgan fingerprint density at radius 3 is 2.12 bits per heavy atom. The molecule has 1 N–H and O–H groups in total. The Balaban J connectivity index is 0. The third-order valence-corrected chi connectivity index (χ3v) is 1.69. The van der Waals surface area contributed by atoms with Gasteiger partial charge in [0.05, 0.1) is 12.7 Å². The second-order valence-electron chi connectivity index (χ2n) is 2.61. The van der Waals surface area contributed by atoms with Crippen LogP contribution in [0.1, 0.15) is 43.6 Å². The smallest absolute Gasteiger partial charge is 0.340 e. The number of phenols is 1. The van der Waals surface area contributed by atoms with Gasteiger partial charge in [-0.25, -0.2) is 9.18 Å². The summed E-state index contributed by atoms with van der Waals surface area (Å²) in [6.45, 7) is 9.57. The molecule has 0 saturated heterocycles. The Kier molecular flexibility index (Phi) is 10.1. The molecule has 1 rings (SSSR count). The number of halogens is 1. The molecule has 0 aliphatic carbocycles. The third kappa shape index (κ3) is 5.33. The Bertz CT molecular complexity index is 349. The van der Waals surface area contributed by atoms with Crippen molar-refractivity contribution in [3.05, 3.63) is 29.1 Å². The number of benzene rings is 1. The fraction of sp³-hybridized carbons (Fsp3) is 0.462. The average molecular weight is 244 g/mol. The van der Waals surface area contributed by atoms with Gasteiger partial charge in [-0.1, -0.05) is 27.7 Å². The van der Waals surface area contributed by atoms with Crippen molar-refractivity contribution in [2.24, 2.45) is 0 Å². The number of carbonyl (C=O) groups is 1. The van der Waals surface area contributed by atoms with Gasteiger partial charge < -0.3 is 9.84 Å². The summed E-state index contributed by atoms with van der Waals surface area (Å²) in [6, 6.07) is 2.14. The zero-order valence-electron chi connectivity index (χ0n) is 11.3. The molecule has 0 saturated carbocycles. The number of phenolic OH excluding ortho intramolecular Hbond substituents is 1. The predicted octanol–water partition coefficient (Wildman–Crippen LogP) is 3.68. The van der Waals surface area contributed by atoms with Crippen molar-refractivity contribution in [1.82, 2.24) is 0 Å². The van der Waals surface area contributed by atoms with Gasteiger partial charge in [0.2, 0.25) is 0 Å². The summed E-state index contributed by atoms with van der Waals surface area (Å²) in [7, 11) is 1.17. The maximum Gasteiger partial charge on any atom is 0.340 e. The van der Waals surface area contributed by atoms with Crippen LogP contribution in [0.3, 0.4) is 0 Å². The van der Waals surface area contributed by atoms with Crippen LogP contribution in [-0.2, 0) is 4.74 Å². The Hall–Kier alpha value is -1.58. The summed E-state index contributed by atoms with van der Waals surface area (Å²) in [4.78, 5) is 11.0. The highest BCUT2D eigenvalue weighted by molar-refractivity contribution is 5.90. The second-order valence-corrected chi connectivity index (χ2v) is 2.61. The minimum atomic E-state index is -0.782. The minimum absolute atomic E-state index is 0.169. The van der Waals surface area contributed by atoms with Gasteiger partial charge in [-0.2, -0.15) is 0 Å². The molecule has 0 radical (unpaired) electrons. The van der Waals surface area contributed by atoms with E-state index in [-0.39, 0.29) is 11.3 Å². The molecule has 0 unspecified atom stereocenters. The lowest BCUT2D eigenvalue weighted by Crippen LogP contribution is -2.04. The van der Waals surface area contributed by atoms with E-state index in [1.54, 1.807) is 6.92 Å². The van der Waals surface area contributed by atoms with E-state index in [0.29, 0.717) is 5.56 Å². The number of rotatable bonds is 1. The number of aromatic hydroxyl groups is 1. The molecule has 17 heavy (non-hydrogen) atoms. The Labute approximate surface area is 102 Å². The number of methoxy groups -OCH3 is 1. The fourth-order valence-electron chi connectivity index (χ4n) is 0.937. The van der Waals surface area contributed by atoms with Crippen LogP contribution in [0.5, 0.6) is 5.75 Å². The van der Waals surface area contributed by atoms with E-state index < -0.39 is 11.8 Å². The van der Waals surface area contributed by atoms with E-state index in [4.69, 9.17) is 5.11 Å². The van der Waals surface area contributed by atoms with Crippen LogP contribution in [0.4, 0.5) is 4.39 Å². The van der Waals surface area contributed by atoms with Crippen LogP contribution in [0, 0.1) is 12.7 Å². The van der Waals surface area contributed by atoms with Crippen molar-refractivity contribution in [3.8, 4) is 5.75 Å². The summed E-state index contributed by atoms with van der Waals surface area (Å²) >= 11 is 0. The summed E-state index contributed by atoms with van der Waals surface area (Å²) in [5.74, 6) is -1.71. The van der Waals surface area contributed by atoms with Gasteiger partial charge in [0.1, 0.15) is 11.6 Å². The van der Waals surface area contributed by atoms with Crippen molar-refractivity contribution >= 4 is 5.97 Å². The molecule has 0 aliphatic heterocycles. The molecule has 0 amide bonds. The SMILES string of the molecule is CC.CC.COC(=O)c1cc(C)c(O)cc1F.